The summed E-state index contributed by atoms with van der Waals surface area (Å²) in [5, 5.41) is 0. The Morgan fingerprint density at radius 3 is 2.47 bits per heavy atom. The van der Waals surface area contributed by atoms with Gasteiger partial charge in [0, 0.05) is 12.6 Å². The van der Waals surface area contributed by atoms with Gasteiger partial charge in [0.2, 0.25) is 6.41 Å². The maximum atomic E-state index is 11.0. The second-order valence-corrected chi connectivity index (χ2v) is 4.20. The average Bonchev–Trinajstić information content (AvgIpc) is 2.81. The average molecular weight is 203 g/mol. The van der Waals surface area contributed by atoms with Crippen molar-refractivity contribution in [3.8, 4) is 0 Å². The largest absolute Gasteiger partial charge is 0.338 e. The molecular weight excluding hydrogens is 186 g/mol. The molecule has 1 aromatic carbocycles. The Morgan fingerprint density at radius 2 is 1.87 bits per heavy atom. The van der Waals surface area contributed by atoms with Crippen LogP contribution in [0.3, 0.4) is 0 Å². The molecule has 2 nitrogen and oxygen atoms in total. The first-order valence-corrected chi connectivity index (χ1v) is 5.65. The predicted molar refractivity (Wildman–Crippen MR) is 60.3 cm³/mol. The maximum Gasteiger partial charge on any atom is 0.210 e. The summed E-state index contributed by atoms with van der Waals surface area (Å²) in [5.41, 5.74) is 1.22. The van der Waals surface area contributed by atoms with Crippen LogP contribution in [-0.2, 0) is 11.3 Å². The van der Waals surface area contributed by atoms with Crippen molar-refractivity contribution in [3.05, 3.63) is 35.9 Å². The van der Waals surface area contributed by atoms with Crippen molar-refractivity contribution < 1.29 is 4.79 Å². The Bertz CT molecular complexity index is 304. The normalized spacial score (nSPS) is 16.5. The molecule has 0 aliphatic heterocycles. The smallest absolute Gasteiger partial charge is 0.210 e. The summed E-state index contributed by atoms with van der Waals surface area (Å²) in [6.07, 6.45) is 5.88. The van der Waals surface area contributed by atoms with Gasteiger partial charge >= 0.3 is 0 Å². The monoisotopic (exact) mass is 203 g/mol. The minimum absolute atomic E-state index is 0.475. The molecule has 1 amide bonds. The Balaban J connectivity index is 1.99. The molecule has 0 aromatic heterocycles. The van der Waals surface area contributed by atoms with Gasteiger partial charge < -0.3 is 4.90 Å². The Morgan fingerprint density at radius 1 is 1.20 bits per heavy atom. The number of hydrogen-bond acceptors (Lipinski definition) is 1. The number of rotatable bonds is 4. The van der Waals surface area contributed by atoms with Gasteiger partial charge in [0.1, 0.15) is 0 Å². The molecule has 1 aromatic rings. The van der Waals surface area contributed by atoms with Crippen molar-refractivity contribution in [1.29, 1.82) is 0 Å². The summed E-state index contributed by atoms with van der Waals surface area (Å²) in [7, 11) is 0. The minimum atomic E-state index is 0.475. The number of nitrogens with zero attached hydrogens (tertiary/aromatic N) is 1. The van der Waals surface area contributed by atoms with E-state index in [-0.39, 0.29) is 0 Å². The van der Waals surface area contributed by atoms with E-state index < -0.39 is 0 Å². The summed E-state index contributed by atoms with van der Waals surface area (Å²) in [6.45, 7) is 0.759. The van der Waals surface area contributed by atoms with E-state index in [0.29, 0.717) is 6.04 Å². The highest BCUT2D eigenvalue weighted by molar-refractivity contribution is 5.48. The lowest BCUT2D eigenvalue weighted by molar-refractivity contribution is -0.120. The van der Waals surface area contributed by atoms with Crippen LogP contribution in [0.15, 0.2) is 30.3 Å². The molecule has 0 unspecified atom stereocenters. The van der Waals surface area contributed by atoms with Crippen molar-refractivity contribution in [3.63, 3.8) is 0 Å². The molecule has 1 saturated carbocycles. The molecule has 0 saturated heterocycles. The topological polar surface area (TPSA) is 20.3 Å². The van der Waals surface area contributed by atoms with Gasteiger partial charge in [-0.1, -0.05) is 43.2 Å². The summed E-state index contributed by atoms with van der Waals surface area (Å²) in [6, 6.07) is 10.7. The van der Waals surface area contributed by atoms with Crippen LogP contribution >= 0.6 is 0 Å². The predicted octanol–water partition coefficient (Wildman–Crippen LogP) is 2.59. The number of carbonyl (C=O) groups excluding carboxylic acids is 1. The second kappa shape index (κ2) is 4.96. The van der Waals surface area contributed by atoms with E-state index in [2.05, 4.69) is 12.1 Å². The summed E-state index contributed by atoms with van der Waals surface area (Å²) < 4.78 is 0. The van der Waals surface area contributed by atoms with Crippen molar-refractivity contribution in [1.82, 2.24) is 4.90 Å². The first-order valence-electron chi connectivity index (χ1n) is 5.65. The molecule has 0 bridgehead atoms. The zero-order chi connectivity index (χ0) is 10.5. The van der Waals surface area contributed by atoms with Gasteiger partial charge in [-0.2, -0.15) is 0 Å². The lowest BCUT2D eigenvalue weighted by Gasteiger charge is -2.24. The lowest BCUT2D eigenvalue weighted by Crippen LogP contribution is -2.31. The van der Waals surface area contributed by atoms with Crippen LogP contribution in [0.25, 0.3) is 0 Å². The SMILES string of the molecule is O=CN(Cc1ccccc1)C1CCCC1. The summed E-state index contributed by atoms with van der Waals surface area (Å²) >= 11 is 0. The molecule has 1 aliphatic carbocycles. The molecule has 2 heteroatoms. The highest BCUT2D eigenvalue weighted by Gasteiger charge is 2.20. The van der Waals surface area contributed by atoms with Crippen LogP contribution in [0.1, 0.15) is 31.2 Å². The van der Waals surface area contributed by atoms with Crippen LogP contribution < -0.4 is 0 Å². The van der Waals surface area contributed by atoms with Gasteiger partial charge in [-0.05, 0) is 18.4 Å². The van der Waals surface area contributed by atoms with E-state index in [9.17, 15) is 4.79 Å². The first kappa shape index (κ1) is 10.2. The summed E-state index contributed by atoms with van der Waals surface area (Å²) in [5.74, 6) is 0. The Labute approximate surface area is 90.9 Å². The summed E-state index contributed by atoms with van der Waals surface area (Å²) in [4.78, 5) is 13.0. The maximum absolute atomic E-state index is 11.0. The van der Waals surface area contributed by atoms with Gasteiger partial charge in [0.15, 0.2) is 0 Å². The van der Waals surface area contributed by atoms with Gasteiger partial charge in [-0.3, -0.25) is 4.79 Å². The zero-order valence-electron chi connectivity index (χ0n) is 8.93. The number of hydrogen-bond donors (Lipinski definition) is 0. The van der Waals surface area contributed by atoms with E-state index >= 15 is 0 Å². The van der Waals surface area contributed by atoms with Crippen LogP contribution in [0.2, 0.25) is 0 Å². The van der Waals surface area contributed by atoms with Crippen molar-refractivity contribution >= 4 is 6.41 Å². The number of carbonyl (C=O) groups is 1. The molecule has 80 valence electrons. The van der Waals surface area contributed by atoms with Crippen molar-refractivity contribution in [2.45, 2.75) is 38.3 Å². The first-order chi connectivity index (χ1) is 7.40. The van der Waals surface area contributed by atoms with E-state index in [4.69, 9.17) is 0 Å². The molecule has 0 atom stereocenters. The van der Waals surface area contributed by atoms with Crippen LogP contribution in [0.4, 0.5) is 0 Å². The third kappa shape index (κ3) is 2.58. The molecule has 0 heterocycles. The second-order valence-electron chi connectivity index (χ2n) is 4.20. The fourth-order valence-corrected chi connectivity index (χ4v) is 2.28. The highest BCUT2D eigenvalue weighted by atomic mass is 16.1. The van der Waals surface area contributed by atoms with E-state index in [1.807, 2.05) is 23.1 Å². The standard InChI is InChI=1S/C13H17NO/c15-11-14(13-8-4-5-9-13)10-12-6-2-1-3-7-12/h1-3,6-7,11,13H,4-5,8-10H2. The third-order valence-corrected chi connectivity index (χ3v) is 3.14. The quantitative estimate of drug-likeness (QED) is 0.689. The molecule has 2 rings (SSSR count). The van der Waals surface area contributed by atoms with E-state index in [1.54, 1.807) is 0 Å². The zero-order valence-corrected chi connectivity index (χ0v) is 8.93. The van der Waals surface area contributed by atoms with Gasteiger partial charge in [0.05, 0.1) is 0 Å². The Hall–Kier alpha value is -1.31. The van der Waals surface area contributed by atoms with Crippen LogP contribution in [0, 0.1) is 0 Å². The fraction of sp³-hybridized carbons (Fsp3) is 0.462. The molecule has 1 fully saturated rings. The van der Waals surface area contributed by atoms with E-state index in [0.717, 1.165) is 13.0 Å². The number of benzene rings is 1. The number of amides is 1. The molecule has 15 heavy (non-hydrogen) atoms. The third-order valence-electron chi connectivity index (χ3n) is 3.14. The van der Waals surface area contributed by atoms with Gasteiger partial charge in [0.25, 0.3) is 0 Å². The van der Waals surface area contributed by atoms with Crippen molar-refractivity contribution in [2.24, 2.45) is 0 Å². The Kier molecular flexibility index (Phi) is 3.38. The fourth-order valence-electron chi connectivity index (χ4n) is 2.28. The van der Waals surface area contributed by atoms with Crippen LogP contribution in [0.5, 0.6) is 0 Å². The van der Waals surface area contributed by atoms with Crippen molar-refractivity contribution in [2.75, 3.05) is 0 Å². The highest BCUT2D eigenvalue weighted by Crippen LogP contribution is 2.23. The molecule has 0 spiro atoms. The lowest BCUT2D eigenvalue weighted by atomic mass is 10.1. The molecule has 0 radical (unpaired) electrons. The molecular formula is C13H17NO. The van der Waals surface area contributed by atoms with Crippen LogP contribution in [-0.4, -0.2) is 17.4 Å². The van der Waals surface area contributed by atoms with Gasteiger partial charge in [-0.15, -0.1) is 0 Å². The minimum Gasteiger partial charge on any atom is -0.338 e. The van der Waals surface area contributed by atoms with Gasteiger partial charge in [-0.25, -0.2) is 0 Å². The van der Waals surface area contributed by atoms with E-state index in [1.165, 1.54) is 31.2 Å². The molecule has 1 aliphatic rings. The molecule has 0 N–H and O–H groups in total.